The van der Waals surface area contributed by atoms with Crippen LogP contribution in [0.1, 0.15) is 77.6 Å². The quantitative estimate of drug-likeness (QED) is 0.370. The molecule has 1 aliphatic heterocycles. The van der Waals surface area contributed by atoms with Crippen LogP contribution < -0.4 is 0 Å². The molecular weight excluding hydrogens is 288 g/mol. The molecule has 0 radical (unpaired) electrons. The Hall–Kier alpha value is 0.440. The first kappa shape index (κ1) is 16.5. The molecule has 0 aromatic carbocycles. The normalized spacial score (nSPS) is 19.0. The monoisotopic (exact) mass is 318 g/mol. The van der Waals surface area contributed by atoms with Crippen molar-refractivity contribution >= 4 is 15.9 Å². The Morgan fingerprint density at radius 2 is 1.44 bits per heavy atom. The number of hydrogen-bond donors (Lipinski definition) is 0. The summed E-state index contributed by atoms with van der Waals surface area (Å²) in [5, 5.41) is 1.17. The fraction of sp³-hybridized carbons (Fsp3) is 1.00. The van der Waals surface area contributed by atoms with Gasteiger partial charge in [0, 0.05) is 18.5 Å². The van der Waals surface area contributed by atoms with Crippen molar-refractivity contribution in [2.24, 2.45) is 5.41 Å². The third-order valence-electron chi connectivity index (χ3n) is 4.40. The minimum atomic E-state index is 0.556. The summed E-state index contributed by atoms with van der Waals surface area (Å²) in [4.78, 5) is 0. The van der Waals surface area contributed by atoms with Crippen LogP contribution in [-0.2, 0) is 4.74 Å². The summed E-state index contributed by atoms with van der Waals surface area (Å²) in [6, 6.07) is 0. The van der Waals surface area contributed by atoms with Crippen LogP contribution in [0.3, 0.4) is 0 Å². The zero-order chi connectivity index (χ0) is 13.1. The maximum Gasteiger partial charge on any atom is 0.0471 e. The fourth-order valence-corrected chi connectivity index (χ4v) is 3.73. The first-order valence-corrected chi connectivity index (χ1v) is 9.09. The zero-order valence-electron chi connectivity index (χ0n) is 12.2. The highest BCUT2D eigenvalue weighted by Gasteiger charge is 2.30. The minimum absolute atomic E-state index is 0.556. The van der Waals surface area contributed by atoms with E-state index in [1.165, 1.54) is 76.0 Å². The molecular formula is C16H31BrO. The van der Waals surface area contributed by atoms with Crippen molar-refractivity contribution in [3.8, 4) is 0 Å². The molecule has 0 bridgehead atoms. The van der Waals surface area contributed by atoms with Gasteiger partial charge >= 0.3 is 0 Å². The van der Waals surface area contributed by atoms with Gasteiger partial charge in [0.1, 0.15) is 0 Å². The highest BCUT2D eigenvalue weighted by atomic mass is 79.9. The van der Waals surface area contributed by atoms with Crippen LogP contribution in [0.5, 0.6) is 0 Å². The average Bonchev–Trinajstić information content (AvgIpc) is 2.43. The van der Waals surface area contributed by atoms with Gasteiger partial charge < -0.3 is 4.74 Å². The van der Waals surface area contributed by atoms with Crippen molar-refractivity contribution in [3.63, 3.8) is 0 Å². The third-order valence-corrected chi connectivity index (χ3v) is 5.59. The predicted octanol–water partition coefficient (Wildman–Crippen LogP) is 5.71. The first-order chi connectivity index (χ1) is 8.83. The molecule has 1 aliphatic rings. The zero-order valence-corrected chi connectivity index (χ0v) is 13.8. The number of rotatable bonds is 10. The lowest BCUT2D eigenvalue weighted by atomic mass is 9.78. The average molecular weight is 319 g/mol. The number of ether oxygens (including phenoxy) is 1. The molecule has 1 saturated heterocycles. The summed E-state index contributed by atoms with van der Waals surface area (Å²) in [6.07, 6.45) is 15.3. The highest BCUT2D eigenvalue weighted by molar-refractivity contribution is 9.09. The first-order valence-electron chi connectivity index (χ1n) is 7.97. The van der Waals surface area contributed by atoms with E-state index in [0.717, 1.165) is 13.2 Å². The van der Waals surface area contributed by atoms with E-state index >= 15 is 0 Å². The van der Waals surface area contributed by atoms with Crippen LogP contribution in [0, 0.1) is 5.41 Å². The van der Waals surface area contributed by atoms with Crippen molar-refractivity contribution in [1.82, 2.24) is 0 Å². The molecule has 1 fully saturated rings. The van der Waals surface area contributed by atoms with Gasteiger partial charge in [-0.25, -0.2) is 0 Å². The summed E-state index contributed by atoms with van der Waals surface area (Å²) < 4.78 is 5.49. The number of halogens is 1. The summed E-state index contributed by atoms with van der Waals surface area (Å²) in [7, 11) is 0. The molecule has 0 atom stereocenters. The predicted molar refractivity (Wildman–Crippen MR) is 83.5 cm³/mol. The Balaban J connectivity index is 1.98. The van der Waals surface area contributed by atoms with Crippen molar-refractivity contribution in [2.45, 2.75) is 77.6 Å². The van der Waals surface area contributed by atoms with E-state index in [9.17, 15) is 0 Å². The van der Waals surface area contributed by atoms with Crippen LogP contribution in [0.25, 0.3) is 0 Å². The second-order valence-electron chi connectivity index (χ2n) is 5.97. The molecule has 1 heterocycles. The molecule has 0 aliphatic carbocycles. The van der Waals surface area contributed by atoms with Crippen molar-refractivity contribution in [2.75, 3.05) is 18.5 Å². The largest absolute Gasteiger partial charge is 0.381 e. The summed E-state index contributed by atoms with van der Waals surface area (Å²) in [6.45, 7) is 4.23. The Morgan fingerprint density at radius 1 is 0.889 bits per heavy atom. The molecule has 0 unspecified atom stereocenters. The van der Waals surface area contributed by atoms with Crippen molar-refractivity contribution in [3.05, 3.63) is 0 Å². The second-order valence-corrected chi connectivity index (χ2v) is 6.53. The molecule has 2 heteroatoms. The maximum absolute atomic E-state index is 5.49. The third kappa shape index (κ3) is 6.56. The molecule has 108 valence electrons. The number of unbranched alkanes of at least 4 members (excludes halogenated alkanes) is 7. The lowest BCUT2D eigenvalue weighted by molar-refractivity contribution is 0.0216. The topological polar surface area (TPSA) is 9.23 Å². The lowest BCUT2D eigenvalue weighted by Gasteiger charge is -2.35. The van der Waals surface area contributed by atoms with E-state index in [0.29, 0.717) is 5.41 Å². The van der Waals surface area contributed by atoms with E-state index < -0.39 is 0 Å². The Bertz CT molecular complexity index is 188. The molecule has 0 spiro atoms. The van der Waals surface area contributed by atoms with E-state index in [4.69, 9.17) is 4.74 Å². The van der Waals surface area contributed by atoms with Gasteiger partial charge in [0.25, 0.3) is 0 Å². The fourth-order valence-electron chi connectivity index (χ4n) is 2.89. The molecule has 0 aromatic rings. The molecule has 0 saturated carbocycles. The lowest BCUT2D eigenvalue weighted by Crippen LogP contribution is -2.31. The standard InChI is InChI=1S/C16H31BrO/c1-2-3-4-5-6-7-8-9-10-16(15-17)11-13-18-14-12-16/h2-15H2,1H3. The van der Waals surface area contributed by atoms with Gasteiger partial charge in [-0.15, -0.1) is 0 Å². The number of hydrogen-bond acceptors (Lipinski definition) is 1. The SMILES string of the molecule is CCCCCCCCCCC1(CBr)CCOCC1. The van der Waals surface area contributed by atoms with E-state index in [1.807, 2.05) is 0 Å². The maximum atomic E-state index is 5.49. The van der Waals surface area contributed by atoms with Gasteiger partial charge in [-0.2, -0.15) is 0 Å². The van der Waals surface area contributed by atoms with Gasteiger partial charge in [0.05, 0.1) is 0 Å². The molecule has 0 aromatic heterocycles. The Morgan fingerprint density at radius 3 is 2.00 bits per heavy atom. The summed E-state index contributed by atoms with van der Waals surface area (Å²) in [5.41, 5.74) is 0.556. The van der Waals surface area contributed by atoms with Crippen LogP contribution in [-0.4, -0.2) is 18.5 Å². The van der Waals surface area contributed by atoms with E-state index in [2.05, 4.69) is 22.9 Å². The van der Waals surface area contributed by atoms with Gasteiger partial charge in [0.15, 0.2) is 0 Å². The van der Waals surface area contributed by atoms with Crippen molar-refractivity contribution in [1.29, 1.82) is 0 Å². The Labute approximate surface area is 122 Å². The molecule has 1 nitrogen and oxygen atoms in total. The van der Waals surface area contributed by atoms with E-state index in [-0.39, 0.29) is 0 Å². The summed E-state index contributed by atoms with van der Waals surface area (Å²) in [5.74, 6) is 0. The van der Waals surface area contributed by atoms with Gasteiger partial charge in [-0.1, -0.05) is 74.2 Å². The van der Waals surface area contributed by atoms with Gasteiger partial charge in [0.2, 0.25) is 0 Å². The molecule has 18 heavy (non-hydrogen) atoms. The smallest absolute Gasteiger partial charge is 0.0471 e. The molecule has 1 rings (SSSR count). The second kappa shape index (κ2) is 10.3. The molecule has 0 N–H and O–H groups in total. The van der Waals surface area contributed by atoms with Crippen LogP contribution in [0.15, 0.2) is 0 Å². The van der Waals surface area contributed by atoms with Crippen LogP contribution in [0.4, 0.5) is 0 Å². The minimum Gasteiger partial charge on any atom is -0.381 e. The van der Waals surface area contributed by atoms with E-state index in [1.54, 1.807) is 0 Å². The van der Waals surface area contributed by atoms with Crippen LogP contribution >= 0.6 is 15.9 Å². The highest BCUT2D eigenvalue weighted by Crippen LogP contribution is 2.37. The Kier molecular flexibility index (Phi) is 9.40. The van der Waals surface area contributed by atoms with Gasteiger partial charge in [-0.3, -0.25) is 0 Å². The molecule has 0 amide bonds. The number of alkyl halides is 1. The van der Waals surface area contributed by atoms with Crippen LogP contribution in [0.2, 0.25) is 0 Å². The summed E-state index contributed by atoms with van der Waals surface area (Å²) >= 11 is 3.72. The van der Waals surface area contributed by atoms with Gasteiger partial charge in [-0.05, 0) is 24.7 Å². The van der Waals surface area contributed by atoms with Crippen molar-refractivity contribution < 1.29 is 4.74 Å².